The van der Waals surface area contributed by atoms with Gasteiger partial charge in [0.25, 0.3) is 0 Å². The largest absolute Gasteiger partial charge is 0.375 e. The third-order valence-electron chi connectivity index (χ3n) is 3.17. The van der Waals surface area contributed by atoms with Gasteiger partial charge >= 0.3 is 0 Å². The molecule has 0 spiro atoms. The van der Waals surface area contributed by atoms with Gasteiger partial charge in [-0.3, -0.25) is 0 Å². The van der Waals surface area contributed by atoms with Crippen molar-refractivity contribution in [3.8, 4) is 0 Å². The summed E-state index contributed by atoms with van der Waals surface area (Å²) in [7, 11) is 0. The van der Waals surface area contributed by atoms with Gasteiger partial charge in [0.05, 0.1) is 18.1 Å². The molecule has 18 heavy (non-hydrogen) atoms. The SMILES string of the molecule is CCC1CN(c2nc(Cl)nc3sccc23)CCO1. The van der Waals surface area contributed by atoms with Crippen molar-refractivity contribution in [3.05, 3.63) is 16.7 Å². The molecule has 1 unspecified atom stereocenters. The predicted octanol–water partition coefficient (Wildman–Crippen LogP) is 2.96. The number of anilines is 1. The molecular formula is C12H14ClN3OS. The summed E-state index contributed by atoms with van der Waals surface area (Å²) >= 11 is 7.59. The molecule has 1 aliphatic heterocycles. The Labute approximate surface area is 115 Å². The molecule has 0 radical (unpaired) electrons. The minimum Gasteiger partial charge on any atom is -0.375 e. The quantitative estimate of drug-likeness (QED) is 0.794. The van der Waals surface area contributed by atoms with Crippen LogP contribution in [-0.2, 0) is 4.74 Å². The number of morpholine rings is 1. The summed E-state index contributed by atoms with van der Waals surface area (Å²) in [6.07, 6.45) is 1.29. The highest BCUT2D eigenvalue weighted by molar-refractivity contribution is 7.16. The maximum absolute atomic E-state index is 6.00. The number of hydrogen-bond donors (Lipinski definition) is 0. The molecular weight excluding hydrogens is 270 g/mol. The maximum Gasteiger partial charge on any atom is 0.225 e. The summed E-state index contributed by atoms with van der Waals surface area (Å²) in [4.78, 5) is 11.8. The highest BCUT2D eigenvalue weighted by Crippen LogP contribution is 2.30. The minimum atomic E-state index is 0.279. The zero-order valence-electron chi connectivity index (χ0n) is 10.1. The number of rotatable bonds is 2. The number of ether oxygens (including phenoxy) is 1. The van der Waals surface area contributed by atoms with Crippen LogP contribution in [0.4, 0.5) is 5.82 Å². The molecule has 2 aromatic heterocycles. The molecule has 0 aromatic carbocycles. The number of fused-ring (bicyclic) bond motifs is 1. The van der Waals surface area contributed by atoms with Crippen LogP contribution in [0.15, 0.2) is 11.4 Å². The van der Waals surface area contributed by atoms with E-state index in [9.17, 15) is 0 Å². The Balaban J connectivity index is 2.00. The van der Waals surface area contributed by atoms with Gasteiger partial charge in [0.15, 0.2) is 0 Å². The third kappa shape index (κ3) is 2.18. The summed E-state index contributed by atoms with van der Waals surface area (Å²) in [6, 6.07) is 2.06. The molecule has 0 saturated carbocycles. The number of halogens is 1. The molecule has 1 saturated heterocycles. The lowest BCUT2D eigenvalue weighted by atomic mass is 10.2. The van der Waals surface area contributed by atoms with Crippen LogP contribution in [0.5, 0.6) is 0 Å². The first-order chi connectivity index (χ1) is 8.78. The van der Waals surface area contributed by atoms with Crippen molar-refractivity contribution < 1.29 is 4.74 Å². The van der Waals surface area contributed by atoms with Crippen molar-refractivity contribution in [2.75, 3.05) is 24.6 Å². The van der Waals surface area contributed by atoms with Gasteiger partial charge in [0, 0.05) is 13.1 Å². The van der Waals surface area contributed by atoms with E-state index in [0.717, 1.165) is 42.2 Å². The fourth-order valence-corrected chi connectivity index (χ4v) is 3.19. The van der Waals surface area contributed by atoms with E-state index < -0.39 is 0 Å². The Bertz CT molecular complexity index is 559. The summed E-state index contributed by atoms with van der Waals surface area (Å²) in [5, 5.41) is 3.43. The van der Waals surface area contributed by atoms with Crippen LogP contribution in [0.1, 0.15) is 13.3 Å². The molecule has 6 heteroatoms. The molecule has 0 aliphatic carbocycles. The van der Waals surface area contributed by atoms with Crippen LogP contribution in [0, 0.1) is 0 Å². The zero-order valence-corrected chi connectivity index (χ0v) is 11.7. The standard InChI is InChI=1S/C12H14ClN3OS/c1-2-8-7-16(4-5-17-8)10-9-3-6-18-11(9)15-12(13)14-10/h3,6,8H,2,4-5,7H2,1H3. The predicted molar refractivity (Wildman–Crippen MR) is 74.7 cm³/mol. The van der Waals surface area contributed by atoms with Gasteiger partial charge in [0.1, 0.15) is 10.6 Å². The van der Waals surface area contributed by atoms with Gasteiger partial charge in [-0.1, -0.05) is 6.92 Å². The van der Waals surface area contributed by atoms with Gasteiger partial charge in [-0.15, -0.1) is 11.3 Å². The second kappa shape index (κ2) is 4.99. The van der Waals surface area contributed by atoms with Crippen molar-refractivity contribution >= 4 is 39.0 Å². The lowest BCUT2D eigenvalue weighted by Gasteiger charge is -2.33. The summed E-state index contributed by atoms with van der Waals surface area (Å²) in [6.45, 7) is 4.61. The summed E-state index contributed by atoms with van der Waals surface area (Å²) < 4.78 is 5.69. The van der Waals surface area contributed by atoms with E-state index >= 15 is 0 Å². The van der Waals surface area contributed by atoms with Gasteiger partial charge in [-0.2, -0.15) is 4.98 Å². The molecule has 96 valence electrons. The van der Waals surface area contributed by atoms with E-state index in [1.165, 1.54) is 0 Å². The Kier molecular flexibility index (Phi) is 3.37. The number of aromatic nitrogens is 2. The highest BCUT2D eigenvalue weighted by atomic mass is 35.5. The highest BCUT2D eigenvalue weighted by Gasteiger charge is 2.22. The van der Waals surface area contributed by atoms with Gasteiger partial charge in [0.2, 0.25) is 5.28 Å². The molecule has 2 aromatic rings. The van der Waals surface area contributed by atoms with E-state index in [-0.39, 0.29) is 6.10 Å². The fourth-order valence-electron chi connectivity index (χ4n) is 2.21. The van der Waals surface area contributed by atoms with Crippen LogP contribution >= 0.6 is 22.9 Å². The second-order valence-corrected chi connectivity index (χ2v) is 5.54. The topological polar surface area (TPSA) is 38.2 Å². The monoisotopic (exact) mass is 283 g/mol. The molecule has 0 N–H and O–H groups in total. The lowest BCUT2D eigenvalue weighted by Crippen LogP contribution is -2.42. The fraction of sp³-hybridized carbons (Fsp3) is 0.500. The molecule has 3 heterocycles. The Morgan fingerprint density at radius 1 is 1.56 bits per heavy atom. The van der Waals surface area contributed by atoms with Gasteiger partial charge in [-0.05, 0) is 29.5 Å². The molecule has 3 rings (SSSR count). The lowest BCUT2D eigenvalue weighted by molar-refractivity contribution is 0.0382. The molecule has 4 nitrogen and oxygen atoms in total. The average Bonchev–Trinajstić information content (AvgIpc) is 2.85. The van der Waals surface area contributed by atoms with E-state index in [4.69, 9.17) is 16.3 Å². The van der Waals surface area contributed by atoms with Crippen LogP contribution < -0.4 is 4.90 Å². The van der Waals surface area contributed by atoms with E-state index in [0.29, 0.717) is 5.28 Å². The maximum atomic E-state index is 6.00. The molecule has 1 aliphatic rings. The smallest absolute Gasteiger partial charge is 0.225 e. The Hall–Kier alpha value is -0.910. The normalized spacial score (nSPS) is 20.6. The zero-order chi connectivity index (χ0) is 12.5. The molecule has 0 amide bonds. The Morgan fingerprint density at radius 3 is 3.28 bits per heavy atom. The second-order valence-electron chi connectivity index (χ2n) is 4.30. The average molecular weight is 284 g/mol. The molecule has 1 atom stereocenters. The van der Waals surface area contributed by atoms with Crippen LogP contribution in [0.25, 0.3) is 10.2 Å². The molecule has 0 bridgehead atoms. The van der Waals surface area contributed by atoms with E-state index in [1.54, 1.807) is 11.3 Å². The van der Waals surface area contributed by atoms with Gasteiger partial charge in [-0.25, -0.2) is 4.98 Å². The first kappa shape index (κ1) is 12.1. The Morgan fingerprint density at radius 2 is 2.44 bits per heavy atom. The van der Waals surface area contributed by atoms with Crippen molar-refractivity contribution in [3.63, 3.8) is 0 Å². The number of nitrogens with zero attached hydrogens (tertiary/aromatic N) is 3. The minimum absolute atomic E-state index is 0.279. The van der Waals surface area contributed by atoms with E-state index in [2.05, 4.69) is 27.9 Å². The van der Waals surface area contributed by atoms with Gasteiger partial charge < -0.3 is 9.64 Å². The van der Waals surface area contributed by atoms with Crippen LogP contribution in [0.2, 0.25) is 5.28 Å². The van der Waals surface area contributed by atoms with Crippen molar-refractivity contribution in [2.24, 2.45) is 0 Å². The van der Waals surface area contributed by atoms with Crippen molar-refractivity contribution in [2.45, 2.75) is 19.4 Å². The number of thiophene rings is 1. The van der Waals surface area contributed by atoms with Crippen LogP contribution in [0.3, 0.4) is 0 Å². The number of hydrogen-bond acceptors (Lipinski definition) is 5. The van der Waals surface area contributed by atoms with E-state index in [1.807, 2.05) is 5.38 Å². The van der Waals surface area contributed by atoms with Crippen molar-refractivity contribution in [1.82, 2.24) is 9.97 Å². The first-order valence-electron chi connectivity index (χ1n) is 6.05. The van der Waals surface area contributed by atoms with Crippen LogP contribution in [-0.4, -0.2) is 35.8 Å². The first-order valence-corrected chi connectivity index (χ1v) is 7.31. The third-order valence-corrected chi connectivity index (χ3v) is 4.15. The molecule has 1 fully saturated rings. The van der Waals surface area contributed by atoms with Crippen molar-refractivity contribution in [1.29, 1.82) is 0 Å². The summed E-state index contributed by atoms with van der Waals surface area (Å²) in [5.74, 6) is 0.938. The summed E-state index contributed by atoms with van der Waals surface area (Å²) in [5.41, 5.74) is 0.